The van der Waals surface area contributed by atoms with E-state index in [1.165, 1.54) is 12.1 Å². The zero-order valence-corrected chi connectivity index (χ0v) is 17.9. The molecule has 1 aliphatic rings. The van der Waals surface area contributed by atoms with Crippen LogP contribution < -0.4 is 10.1 Å². The van der Waals surface area contributed by atoms with E-state index in [4.69, 9.17) is 4.42 Å². The van der Waals surface area contributed by atoms with Crippen molar-refractivity contribution in [1.29, 1.82) is 0 Å². The minimum absolute atomic E-state index is 0.230. The number of furan rings is 1. The third-order valence-corrected chi connectivity index (χ3v) is 5.91. The minimum Gasteiger partial charge on any atom is -0.464 e. The summed E-state index contributed by atoms with van der Waals surface area (Å²) in [6.07, 6.45) is -0.857. The van der Waals surface area contributed by atoms with Crippen molar-refractivity contribution < 1.29 is 27.1 Å². The fourth-order valence-corrected chi connectivity index (χ4v) is 4.18. The molecule has 2 aromatic carbocycles. The second-order valence-electron chi connectivity index (χ2n) is 8.33. The van der Waals surface area contributed by atoms with Crippen molar-refractivity contribution in [3.05, 3.63) is 59.9 Å². The SMILES string of the molecule is CC(C)N1CCC(c2coc3ccc(NC(=O)c4ccc(OC(F)(F)F)cc4)cc23)CC1. The molecule has 4 rings (SSSR count). The van der Waals surface area contributed by atoms with E-state index in [0.717, 1.165) is 54.6 Å². The van der Waals surface area contributed by atoms with Crippen LogP contribution >= 0.6 is 0 Å². The number of alkyl halides is 3. The maximum atomic E-state index is 12.6. The van der Waals surface area contributed by atoms with Gasteiger partial charge in [-0.15, -0.1) is 13.2 Å². The summed E-state index contributed by atoms with van der Waals surface area (Å²) in [6.45, 7) is 6.50. The van der Waals surface area contributed by atoms with E-state index < -0.39 is 12.3 Å². The highest BCUT2D eigenvalue weighted by atomic mass is 19.4. The van der Waals surface area contributed by atoms with E-state index in [0.29, 0.717) is 17.6 Å². The number of fused-ring (bicyclic) bond motifs is 1. The Balaban J connectivity index is 1.47. The zero-order chi connectivity index (χ0) is 22.9. The van der Waals surface area contributed by atoms with Crippen molar-refractivity contribution in [2.45, 2.75) is 45.0 Å². The van der Waals surface area contributed by atoms with E-state index in [2.05, 4.69) is 28.8 Å². The number of carbonyl (C=O) groups excluding carboxylic acids is 1. The molecule has 170 valence electrons. The van der Waals surface area contributed by atoms with E-state index in [1.807, 2.05) is 18.4 Å². The van der Waals surface area contributed by atoms with Crippen LogP contribution in [0.5, 0.6) is 5.75 Å². The number of hydrogen-bond acceptors (Lipinski definition) is 4. The van der Waals surface area contributed by atoms with Crippen LogP contribution in [0.3, 0.4) is 0 Å². The van der Waals surface area contributed by atoms with Crippen molar-refractivity contribution >= 4 is 22.6 Å². The van der Waals surface area contributed by atoms with Crippen LogP contribution in [0.15, 0.2) is 53.1 Å². The fourth-order valence-electron chi connectivity index (χ4n) is 4.18. The second kappa shape index (κ2) is 8.86. The Morgan fingerprint density at radius 3 is 2.44 bits per heavy atom. The van der Waals surface area contributed by atoms with Gasteiger partial charge in [0.25, 0.3) is 5.91 Å². The van der Waals surface area contributed by atoms with Crippen molar-refractivity contribution in [1.82, 2.24) is 4.90 Å². The predicted octanol–water partition coefficient (Wildman–Crippen LogP) is 6.17. The number of halogens is 3. The van der Waals surface area contributed by atoms with Gasteiger partial charge in [0.15, 0.2) is 0 Å². The van der Waals surface area contributed by atoms with Crippen LogP contribution in [0.1, 0.15) is 48.5 Å². The summed E-state index contributed by atoms with van der Waals surface area (Å²) in [6, 6.07) is 10.8. The Bertz CT molecular complexity index is 1080. The van der Waals surface area contributed by atoms with E-state index in [-0.39, 0.29) is 11.3 Å². The first kappa shape index (κ1) is 22.2. The largest absolute Gasteiger partial charge is 0.573 e. The Labute approximate surface area is 184 Å². The Morgan fingerprint density at radius 1 is 1.12 bits per heavy atom. The smallest absolute Gasteiger partial charge is 0.464 e. The van der Waals surface area contributed by atoms with Crippen molar-refractivity contribution in [2.24, 2.45) is 0 Å². The van der Waals surface area contributed by atoms with Gasteiger partial charge in [-0.25, -0.2) is 0 Å². The molecule has 0 spiro atoms. The molecule has 2 heterocycles. The normalized spacial score (nSPS) is 15.9. The summed E-state index contributed by atoms with van der Waals surface area (Å²) in [5.74, 6) is -0.390. The molecule has 1 aromatic heterocycles. The lowest BCUT2D eigenvalue weighted by Crippen LogP contribution is -2.37. The van der Waals surface area contributed by atoms with Crippen LogP contribution in [-0.2, 0) is 0 Å². The van der Waals surface area contributed by atoms with Gasteiger partial charge < -0.3 is 19.4 Å². The molecule has 1 aliphatic heterocycles. The van der Waals surface area contributed by atoms with Gasteiger partial charge in [-0.2, -0.15) is 0 Å². The quantitative estimate of drug-likeness (QED) is 0.509. The lowest BCUT2D eigenvalue weighted by Gasteiger charge is -2.34. The number of nitrogens with zero attached hydrogens (tertiary/aromatic N) is 1. The highest BCUT2D eigenvalue weighted by molar-refractivity contribution is 6.05. The number of nitrogens with one attached hydrogen (secondary N) is 1. The molecule has 1 amide bonds. The molecular weight excluding hydrogens is 421 g/mol. The van der Waals surface area contributed by atoms with Crippen LogP contribution in [0.25, 0.3) is 11.0 Å². The van der Waals surface area contributed by atoms with Gasteiger partial charge in [0.2, 0.25) is 0 Å². The van der Waals surface area contributed by atoms with Gasteiger partial charge in [-0.1, -0.05) is 0 Å². The number of likely N-dealkylation sites (tertiary alicyclic amines) is 1. The third kappa shape index (κ3) is 5.07. The predicted molar refractivity (Wildman–Crippen MR) is 116 cm³/mol. The lowest BCUT2D eigenvalue weighted by atomic mass is 9.88. The Kier molecular flexibility index (Phi) is 6.15. The molecule has 1 N–H and O–H groups in total. The number of benzene rings is 2. The topological polar surface area (TPSA) is 54.7 Å². The van der Waals surface area contributed by atoms with Crippen LogP contribution in [0.2, 0.25) is 0 Å². The molecule has 0 atom stereocenters. The molecule has 8 heteroatoms. The fraction of sp³-hybridized carbons (Fsp3) is 0.375. The zero-order valence-electron chi connectivity index (χ0n) is 17.9. The molecular formula is C24H25F3N2O3. The number of hydrogen-bond donors (Lipinski definition) is 1. The van der Waals surface area contributed by atoms with Crippen LogP contribution in [0, 0.1) is 0 Å². The second-order valence-corrected chi connectivity index (χ2v) is 8.33. The average Bonchev–Trinajstić information content (AvgIpc) is 3.16. The summed E-state index contributed by atoms with van der Waals surface area (Å²) >= 11 is 0. The molecule has 0 bridgehead atoms. The highest BCUT2D eigenvalue weighted by Gasteiger charge is 2.31. The van der Waals surface area contributed by atoms with Gasteiger partial charge in [0.1, 0.15) is 11.3 Å². The Hall–Kier alpha value is -3.00. The van der Waals surface area contributed by atoms with Crippen LogP contribution in [0.4, 0.5) is 18.9 Å². The molecule has 5 nitrogen and oxygen atoms in total. The molecule has 1 fully saturated rings. The first-order valence-electron chi connectivity index (χ1n) is 10.6. The van der Waals surface area contributed by atoms with Crippen molar-refractivity contribution in [3.63, 3.8) is 0 Å². The number of carbonyl (C=O) groups is 1. The summed E-state index contributed by atoms with van der Waals surface area (Å²) in [5.41, 5.74) is 2.74. The lowest BCUT2D eigenvalue weighted by molar-refractivity contribution is -0.274. The highest BCUT2D eigenvalue weighted by Crippen LogP contribution is 2.36. The van der Waals surface area contributed by atoms with E-state index in [1.54, 1.807) is 6.07 Å². The van der Waals surface area contributed by atoms with Gasteiger partial charge >= 0.3 is 6.36 Å². The first-order valence-corrected chi connectivity index (χ1v) is 10.6. The molecule has 0 radical (unpaired) electrons. The Morgan fingerprint density at radius 2 is 1.81 bits per heavy atom. The first-order chi connectivity index (χ1) is 15.2. The molecule has 0 unspecified atom stereocenters. The number of rotatable bonds is 5. The maximum absolute atomic E-state index is 12.6. The van der Waals surface area contributed by atoms with Gasteiger partial charge in [0.05, 0.1) is 6.26 Å². The monoisotopic (exact) mass is 446 g/mol. The molecule has 0 saturated carbocycles. The summed E-state index contributed by atoms with van der Waals surface area (Å²) in [7, 11) is 0. The molecule has 32 heavy (non-hydrogen) atoms. The van der Waals surface area contributed by atoms with Crippen molar-refractivity contribution in [3.8, 4) is 5.75 Å². The third-order valence-electron chi connectivity index (χ3n) is 5.91. The summed E-state index contributed by atoms with van der Waals surface area (Å²) < 4.78 is 46.5. The summed E-state index contributed by atoms with van der Waals surface area (Å²) in [5, 5.41) is 3.78. The van der Waals surface area contributed by atoms with Gasteiger partial charge in [-0.3, -0.25) is 4.79 Å². The number of anilines is 1. The number of ether oxygens (including phenoxy) is 1. The number of piperidine rings is 1. The molecule has 0 aliphatic carbocycles. The van der Waals surface area contributed by atoms with Crippen LogP contribution in [-0.4, -0.2) is 36.3 Å². The summed E-state index contributed by atoms with van der Waals surface area (Å²) in [4.78, 5) is 15.0. The standard InChI is InChI=1S/C24H25F3N2O3/c1-15(2)29-11-9-16(10-12-29)21-14-31-22-8-5-18(13-20(21)22)28-23(30)17-3-6-19(7-4-17)32-24(25,26)27/h3-8,13-16H,9-12H2,1-2H3,(H,28,30). The van der Waals surface area contributed by atoms with Gasteiger partial charge in [-0.05, 0) is 88.2 Å². The molecule has 3 aromatic rings. The van der Waals surface area contributed by atoms with E-state index in [9.17, 15) is 18.0 Å². The maximum Gasteiger partial charge on any atom is 0.573 e. The number of amides is 1. The van der Waals surface area contributed by atoms with Gasteiger partial charge in [0, 0.05) is 28.2 Å². The minimum atomic E-state index is -4.77. The van der Waals surface area contributed by atoms with E-state index >= 15 is 0 Å². The average molecular weight is 446 g/mol. The van der Waals surface area contributed by atoms with Crippen molar-refractivity contribution in [2.75, 3.05) is 18.4 Å². The molecule has 1 saturated heterocycles.